The number of amides is 2. The highest BCUT2D eigenvalue weighted by molar-refractivity contribution is 9.10. The van der Waals surface area contributed by atoms with Gasteiger partial charge in [-0.2, -0.15) is 0 Å². The van der Waals surface area contributed by atoms with Crippen LogP contribution in [-0.2, 0) is 9.59 Å². The van der Waals surface area contributed by atoms with E-state index in [1.165, 1.54) is 0 Å². The maximum atomic E-state index is 11.2. The number of hydrogen-bond donors (Lipinski definition) is 2. The van der Waals surface area contributed by atoms with E-state index in [1.54, 1.807) is 6.92 Å². The fraction of sp³-hybridized carbons (Fsp3) is 0.800. The summed E-state index contributed by atoms with van der Waals surface area (Å²) in [4.78, 5) is 22.1. The average Bonchev–Trinajstić information content (AvgIpc) is 2.14. The van der Waals surface area contributed by atoms with E-state index >= 15 is 0 Å². The smallest absolute Gasteiger partial charge is 0.233 e. The summed E-state index contributed by atoms with van der Waals surface area (Å²) in [5, 5.41) is 5.44. The summed E-state index contributed by atoms with van der Waals surface area (Å²) in [5.74, 6) is 0.337. The Morgan fingerprint density at radius 3 is 2.27 bits per heavy atom. The molecule has 2 amide bonds. The molecule has 15 heavy (non-hydrogen) atoms. The highest BCUT2D eigenvalue weighted by Crippen LogP contribution is 1.95. The molecule has 88 valence electrons. The molecule has 0 aromatic heterocycles. The summed E-state index contributed by atoms with van der Waals surface area (Å²) in [6.45, 7) is 6.89. The molecule has 0 saturated heterocycles. The molecule has 0 saturated carbocycles. The molecule has 0 spiro atoms. The standard InChI is InChI=1S/C10H19BrN2O2/c1-7(2)6-13-9(14)4-5-12-10(15)8(3)11/h7-8H,4-6H2,1-3H3,(H,12,15)(H,13,14). The highest BCUT2D eigenvalue weighted by Gasteiger charge is 2.08. The van der Waals surface area contributed by atoms with Gasteiger partial charge in [0.05, 0.1) is 4.83 Å². The molecule has 0 heterocycles. The van der Waals surface area contributed by atoms with Gasteiger partial charge in [-0.05, 0) is 12.8 Å². The molecule has 0 aliphatic rings. The van der Waals surface area contributed by atoms with Crippen molar-refractivity contribution >= 4 is 27.7 Å². The van der Waals surface area contributed by atoms with Crippen LogP contribution in [0.3, 0.4) is 0 Å². The van der Waals surface area contributed by atoms with Gasteiger partial charge in [-0.3, -0.25) is 9.59 Å². The number of alkyl halides is 1. The molecule has 2 N–H and O–H groups in total. The molecular formula is C10H19BrN2O2. The Labute approximate surface area is 99.3 Å². The normalized spacial score (nSPS) is 12.3. The Kier molecular flexibility index (Phi) is 7.38. The minimum absolute atomic E-state index is 0.0220. The summed E-state index contributed by atoms with van der Waals surface area (Å²) in [7, 11) is 0. The van der Waals surface area contributed by atoms with Crippen LogP contribution >= 0.6 is 15.9 Å². The Bertz CT molecular complexity index is 217. The maximum absolute atomic E-state index is 11.2. The van der Waals surface area contributed by atoms with E-state index in [1.807, 2.05) is 13.8 Å². The molecule has 0 aliphatic carbocycles. The van der Waals surface area contributed by atoms with Gasteiger partial charge in [0, 0.05) is 19.5 Å². The molecule has 5 heteroatoms. The zero-order chi connectivity index (χ0) is 11.8. The van der Waals surface area contributed by atoms with Crippen LogP contribution in [0.1, 0.15) is 27.2 Å². The number of nitrogens with one attached hydrogen (secondary N) is 2. The van der Waals surface area contributed by atoms with Crippen molar-refractivity contribution in [3.8, 4) is 0 Å². The fourth-order valence-electron chi connectivity index (χ4n) is 0.846. The molecule has 0 bridgehead atoms. The van der Waals surface area contributed by atoms with Gasteiger partial charge in [-0.25, -0.2) is 0 Å². The van der Waals surface area contributed by atoms with Gasteiger partial charge in [0.25, 0.3) is 0 Å². The van der Waals surface area contributed by atoms with Crippen LogP contribution in [0, 0.1) is 5.92 Å². The van der Waals surface area contributed by atoms with E-state index in [9.17, 15) is 9.59 Å². The Morgan fingerprint density at radius 1 is 1.20 bits per heavy atom. The lowest BCUT2D eigenvalue weighted by Crippen LogP contribution is -2.34. The second-order valence-corrected chi connectivity index (χ2v) is 5.23. The van der Waals surface area contributed by atoms with E-state index < -0.39 is 0 Å². The Morgan fingerprint density at radius 2 is 1.80 bits per heavy atom. The molecule has 0 aromatic carbocycles. The zero-order valence-electron chi connectivity index (χ0n) is 9.47. The first-order valence-electron chi connectivity index (χ1n) is 5.12. The van der Waals surface area contributed by atoms with Crippen molar-refractivity contribution in [2.75, 3.05) is 13.1 Å². The van der Waals surface area contributed by atoms with Crippen LogP contribution in [0.15, 0.2) is 0 Å². The van der Waals surface area contributed by atoms with Crippen molar-refractivity contribution in [3.05, 3.63) is 0 Å². The largest absolute Gasteiger partial charge is 0.356 e. The maximum Gasteiger partial charge on any atom is 0.233 e. The number of hydrogen-bond acceptors (Lipinski definition) is 2. The summed E-state index contributed by atoms with van der Waals surface area (Å²) < 4.78 is 0. The average molecular weight is 279 g/mol. The van der Waals surface area contributed by atoms with Crippen LogP contribution in [0.25, 0.3) is 0 Å². The van der Waals surface area contributed by atoms with E-state index in [2.05, 4.69) is 26.6 Å². The molecule has 4 nitrogen and oxygen atoms in total. The lowest BCUT2D eigenvalue weighted by atomic mass is 10.2. The Balaban J connectivity index is 3.51. The fourth-order valence-corrected chi connectivity index (χ4v) is 1.01. The Hall–Kier alpha value is -0.580. The van der Waals surface area contributed by atoms with Gasteiger partial charge in [0.15, 0.2) is 0 Å². The van der Waals surface area contributed by atoms with E-state index in [4.69, 9.17) is 0 Å². The third-order valence-corrected chi connectivity index (χ3v) is 2.14. The topological polar surface area (TPSA) is 58.2 Å². The number of rotatable bonds is 6. The summed E-state index contributed by atoms with van der Waals surface area (Å²) in [6, 6.07) is 0. The van der Waals surface area contributed by atoms with Gasteiger partial charge in [0.2, 0.25) is 11.8 Å². The molecule has 0 rings (SSSR count). The predicted octanol–water partition coefficient (Wildman–Crippen LogP) is 1.05. The van der Waals surface area contributed by atoms with E-state index in [0.29, 0.717) is 25.4 Å². The highest BCUT2D eigenvalue weighted by atomic mass is 79.9. The van der Waals surface area contributed by atoms with E-state index in [0.717, 1.165) is 0 Å². The van der Waals surface area contributed by atoms with Crippen molar-refractivity contribution in [2.45, 2.75) is 32.0 Å². The van der Waals surface area contributed by atoms with Crippen molar-refractivity contribution in [2.24, 2.45) is 5.92 Å². The third-order valence-electron chi connectivity index (χ3n) is 1.72. The molecule has 0 radical (unpaired) electrons. The minimum Gasteiger partial charge on any atom is -0.356 e. The first-order chi connectivity index (χ1) is 6.93. The molecular weight excluding hydrogens is 260 g/mol. The molecule has 0 aliphatic heterocycles. The van der Waals surface area contributed by atoms with Crippen LogP contribution in [0.5, 0.6) is 0 Å². The zero-order valence-corrected chi connectivity index (χ0v) is 11.1. The number of carbonyl (C=O) groups excluding carboxylic acids is 2. The molecule has 0 aromatic rings. The third kappa shape index (κ3) is 8.42. The monoisotopic (exact) mass is 278 g/mol. The second kappa shape index (κ2) is 7.68. The number of halogens is 1. The second-order valence-electron chi connectivity index (χ2n) is 3.85. The van der Waals surface area contributed by atoms with Crippen molar-refractivity contribution in [3.63, 3.8) is 0 Å². The summed E-state index contributed by atoms with van der Waals surface area (Å²) in [5.41, 5.74) is 0. The van der Waals surface area contributed by atoms with Gasteiger partial charge in [0.1, 0.15) is 0 Å². The number of carbonyl (C=O) groups is 2. The van der Waals surface area contributed by atoms with Crippen molar-refractivity contribution in [1.82, 2.24) is 10.6 Å². The first-order valence-corrected chi connectivity index (χ1v) is 6.03. The summed E-state index contributed by atoms with van der Waals surface area (Å²) in [6.07, 6.45) is 0.332. The van der Waals surface area contributed by atoms with Gasteiger partial charge >= 0.3 is 0 Å². The minimum atomic E-state index is -0.212. The van der Waals surface area contributed by atoms with Crippen LogP contribution in [0.2, 0.25) is 0 Å². The quantitative estimate of drug-likeness (QED) is 0.714. The van der Waals surface area contributed by atoms with Crippen LogP contribution in [0.4, 0.5) is 0 Å². The van der Waals surface area contributed by atoms with Gasteiger partial charge < -0.3 is 10.6 Å². The first kappa shape index (κ1) is 14.4. The SMILES string of the molecule is CC(C)CNC(=O)CCNC(=O)C(C)Br. The van der Waals surface area contributed by atoms with Crippen molar-refractivity contribution in [1.29, 1.82) is 0 Å². The van der Waals surface area contributed by atoms with Gasteiger partial charge in [-0.15, -0.1) is 0 Å². The summed E-state index contributed by atoms with van der Waals surface area (Å²) >= 11 is 3.14. The predicted molar refractivity (Wildman–Crippen MR) is 63.9 cm³/mol. The van der Waals surface area contributed by atoms with Gasteiger partial charge in [-0.1, -0.05) is 29.8 Å². The molecule has 1 atom stereocenters. The lowest BCUT2D eigenvalue weighted by molar-refractivity contribution is -0.122. The molecule has 0 fully saturated rings. The van der Waals surface area contributed by atoms with Crippen LogP contribution < -0.4 is 10.6 Å². The molecule has 1 unspecified atom stereocenters. The van der Waals surface area contributed by atoms with Crippen molar-refractivity contribution < 1.29 is 9.59 Å². The lowest BCUT2D eigenvalue weighted by Gasteiger charge is -2.08. The van der Waals surface area contributed by atoms with E-state index in [-0.39, 0.29) is 16.6 Å². The van der Waals surface area contributed by atoms with Crippen LogP contribution in [-0.4, -0.2) is 29.7 Å².